The van der Waals surface area contributed by atoms with Crippen LogP contribution < -0.4 is 27.4 Å². The third-order valence-corrected chi connectivity index (χ3v) is 6.61. The molecule has 204 valence electrons. The molecule has 0 aliphatic rings. The third kappa shape index (κ3) is 8.57. The minimum atomic E-state index is -1.16. The second-order valence-electron chi connectivity index (χ2n) is 9.45. The first-order valence-electron chi connectivity index (χ1n) is 12.7. The van der Waals surface area contributed by atoms with Crippen LogP contribution in [0.2, 0.25) is 0 Å². The van der Waals surface area contributed by atoms with E-state index < -0.39 is 47.9 Å². The molecular weight excluding hydrogens is 476 g/mol. The summed E-state index contributed by atoms with van der Waals surface area (Å²) in [7, 11) is 0. The lowest BCUT2D eigenvalue weighted by molar-refractivity contribution is -0.142. The van der Waals surface area contributed by atoms with Gasteiger partial charge in [-0.3, -0.25) is 14.4 Å². The normalized spacial score (nSPS) is 15.3. The third-order valence-electron chi connectivity index (χ3n) is 6.61. The number of carbonyl (C=O) groups is 4. The SMILES string of the molecule is CC[C@H](C)[C@H](N)C(=O)N[C@@H](Cc1c[nH]c2ccccc12)C(=O)N[C@@H](C)C(=O)N[C@@H](CCCCN)C(=O)O. The summed E-state index contributed by atoms with van der Waals surface area (Å²) in [6.45, 7) is 5.67. The highest BCUT2D eigenvalue weighted by Crippen LogP contribution is 2.19. The molecule has 0 unspecified atom stereocenters. The number of amides is 3. The van der Waals surface area contributed by atoms with Crippen LogP contribution in [0.5, 0.6) is 0 Å². The van der Waals surface area contributed by atoms with Gasteiger partial charge in [0.2, 0.25) is 17.7 Å². The molecule has 0 aliphatic carbocycles. The molecule has 0 saturated carbocycles. The Morgan fingerprint density at radius 1 is 0.973 bits per heavy atom. The molecule has 9 N–H and O–H groups in total. The van der Waals surface area contributed by atoms with Crippen molar-refractivity contribution in [3.63, 3.8) is 0 Å². The molecule has 0 saturated heterocycles. The van der Waals surface area contributed by atoms with Crippen molar-refractivity contribution in [2.45, 2.75) is 77.0 Å². The number of carbonyl (C=O) groups excluding carboxylic acids is 3. The number of carboxylic acids is 1. The fourth-order valence-electron chi connectivity index (χ4n) is 3.94. The zero-order valence-corrected chi connectivity index (χ0v) is 21.8. The summed E-state index contributed by atoms with van der Waals surface area (Å²) in [6, 6.07) is 3.67. The summed E-state index contributed by atoms with van der Waals surface area (Å²) >= 11 is 0. The molecule has 2 rings (SSSR count). The second kappa shape index (κ2) is 14.3. The Morgan fingerprint density at radius 3 is 2.30 bits per heavy atom. The van der Waals surface area contributed by atoms with Gasteiger partial charge >= 0.3 is 5.97 Å². The van der Waals surface area contributed by atoms with Gasteiger partial charge in [-0.25, -0.2) is 4.79 Å². The van der Waals surface area contributed by atoms with Gasteiger partial charge in [0.15, 0.2) is 0 Å². The standard InChI is InChI=1S/C26H40N6O5/c1-4-15(2)22(28)25(35)32-21(13-17-14-29-19-10-6-5-9-18(17)19)24(34)30-16(3)23(33)31-20(26(36)37)11-7-8-12-27/h5-6,9-10,14-16,20-22,29H,4,7-8,11-13,27-28H2,1-3H3,(H,30,34)(H,31,33)(H,32,35)(H,36,37)/t15-,16-,20-,21-,22-/m0/s1. The Balaban J connectivity index is 2.16. The molecule has 1 aromatic carbocycles. The minimum Gasteiger partial charge on any atom is -0.480 e. The summed E-state index contributed by atoms with van der Waals surface area (Å²) in [5.41, 5.74) is 13.3. The Morgan fingerprint density at radius 2 is 1.65 bits per heavy atom. The van der Waals surface area contributed by atoms with Crippen LogP contribution in [0.3, 0.4) is 0 Å². The first-order chi connectivity index (χ1) is 17.6. The van der Waals surface area contributed by atoms with Gasteiger partial charge in [0.1, 0.15) is 18.1 Å². The van der Waals surface area contributed by atoms with Crippen molar-refractivity contribution < 1.29 is 24.3 Å². The maximum atomic E-state index is 13.3. The zero-order chi connectivity index (χ0) is 27.5. The monoisotopic (exact) mass is 516 g/mol. The molecule has 0 bridgehead atoms. The van der Waals surface area contributed by atoms with E-state index in [1.165, 1.54) is 6.92 Å². The molecular formula is C26H40N6O5. The van der Waals surface area contributed by atoms with Gasteiger partial charge < -0.3 is 37.5 Å². The van der Waals surface area contributed by atoms with Gasteiger partial charge in [-0.15, -0.1) is 0 Å². The van der Waals surface area contributed by atoms with Crippen LogP contribution in [0.15, 0.2) is 30.5 Å². The molecule has 0 aliphatic heterocycles. The Labute approximate surface area is 217 Å². The van der Waals surface area contributed by atoms with Crippen LogP contribution in [0.4, 0.5) is 0 Å². The summed E-state index contributed by atoms with van der Waals surface area (Å²) < 4.78 is 0. The molecule has 0 fully saturated rings. The van der Waals surface area contributed by atoms with E-state index in [1.54, 1.807) is 6.20 Å². The van der Waals surface area contributed by atoms with E-state index >= 15 is 0 Å². The van der Waals surface area contributed by atoms with E-state index in [0.717, 1.165) is 16.5 Å². The number of para-hydroxylation sites is 1. The molecule has 37 heavy (non-hydrogen) atoms. The number of nitrogens with two attached hydrogens (primary N) is 2. The van der Waals surface area contributed by atoms with Crippen molar-refractivity contribution in [2.75, 3.05) is 6.54 Å². The van der Waals surface area contributed by atoms with Crippen molar-refractivity contribution >= 4 is 34.6 Å². The first-order valence-corrected chi connectivity index (χ1v) is 12.7. The van der Waals surface area contributed by atoms with Gasteiger partial charge in [0.25, 0.3) is 0 Å². The van der Waals surface area contributed by atoms with Gasteiger partial charge in [0, 0.05) is 23.5 Å². The number of unbranched alkanes of at least 4 members (excludes halogenated alkanes) is 1. The minimum absolute atomic E-state index is 0.0891. The average Bonchev–Trinajstić information content (AvgIpc) is 3.29. The number of H-pyrrole nitrogens is 1. The number of hydrogen-bond donors (Lipinski definition) is 7. The van der Waals surface area contributed by atoms with E-state index in [1.807, 2.05) is 38.1 Å². The number of aromatic amines is 1. The highest BCUT2D eigenvalue weighted by Gasteiger charge is 2.30. The molecule has 0 spiro atoms. The number of hydrogen-bond acceptors (Lipinski definition) is 6. The lowest BCUT2D eigenvalue weighted by Crippen LogP contribution is -2.57. The van der Waals surface area contributed by atoms with E-state index in [-0.39, 0.29) is 18.8 Å². The fraction of sp³-hybridized carbons (Fsp3) is 0.538. The summed E-state index contributed by atoms with van der Waals surface area (Å²) in [6.07, 6.45) is 4.05. The quantitative estimate of drug-likeness (QED) is 0.170. The summed E-state index contributed by atoms with van der Waals surface area (Å²) in [4.78, 5) is 53.5. The second-order valence-corrected chi connectivity index (χ2v) is 9.45. The predicted octanol–water partition coefficient (Wildman–Crippen LogP) is 0.772. The number of benzene rings is 1. The maximum absolute atomic E-state index is 13.3. The van der Waals surface area contributed by atoms with E-state index in [2.05, 4.69) is 20.9 Å². The largest absolute Gasteiger partial charge is 0.480 e. The van der Waals surface area contributed by atoms with Crippen LogP contribution in [-0.2, 0) is 25.6 Å². The van der Waals surface area contributed by atoms with Crippen molar-refractivity contribution in [1.29, 1.82) is 0 Å². The van der Waals surface area contributed by atoms with Gasteiger partial charge in [0.05, 0.1) is 6.04 Å². The lowest BCUT2D eigenvalue weighted by Gasteiger charge is -2.25. The van der Waals surface area contributed by atoms with Crippen LogP contribution >= 0.6 is 0 Å². The van der Waals surface area contributed by atoms with Gasteiger partial charge in [-0.2, -0.15) is 0 Å². The molecule has 11 nitrogen and oxygen atoms in total. The maximum Gasteiger partial charge on any atom is 0.326 e. The van der Waals surface area contributed by atoms with Crippen LogP contribution in [0.25, 0.3) is 10.9 Å². The molecule has 11 heteroatoms. The number of aromatic nitrogens is 1. The Hall–Kier alpha value is -3.44. The first kappa shape index (κ1) is 29.8. The lowest BCUT2D eigenvalue weighted by atomic mass is 9.98. The predicted molar refractivity (Wildman–Crippen MR) is 141 cm³/mol. The van der Waals surface area contributed by atoms with Crippen LogP contribution in [0, 0.1) is 5.92 Å². The van der Waals surface area contributed by atoms with Crippen molar-refractivity contribution in [2.24, 2.45) is 17.4 Å². The number of fused-ring (bicyclic) bond motifs is 1. The van der Waals surface area contributed by atoms with Gasteiger partial charge in [-0.1, -0.05) is 38.5 Å². The average molecular weight is 517 g/mol. The summed E-state index contributed by atoms with van der Waals surface area (Å²) in [5, 5.41) is 18.2. The van der Waals surface area contributed by atoms with Crippen molar-refractivity contribution in [3.8, 4) is 0 Å². The number of aliphatic carboxylic acids is 1. The molecule has 5 atom stereocenters. The molecule has 3 amide bonds. The number of nitrogens with one attached hydrogen (secondary N) is 4. The van der Waals surface area contributed by atoms with Crippen molar-refractivity contribution in [1.82, 2.24) is 20.9 Å². The van der Waals surface area contributed by atoms with E-state index in [9.17, 15) is 24.3 Å². The summed E-state index contributed by atoms with van der Waals surface area (Å²) in [5.74, 6) is -2.92. The highest BCUT2D eigenvalue weighted by atomic mass is 16.4. The highest BCUT2D eigenvalue weighted by molar-refractivity contribution is 5.94. The fourth-order valence-corrected chi connectivity index (χ4v) is 3.94. The topological polar surface area (TPSA) is 192 Å². The van der Waals surface area contributed by atoms with Gasteiger partial charge in [-0.05, 0) is 50.3 Å². The number of rotatable bonds is 15. The Kier molecular flexibility index (Phi) is 11.5. The number of carboxylic acid groups (broad SMARTS) is 1. The zero-order valence-electron chi connectivity index (χ0n) is 21.8. The molecule has 2 aromatic rings. The van der Waals surface area contributed by atoms with Crippen LogP contribution in [0.1, 0.15) is 52.0 Å². The molecule has 1 heterocycles. The van der Waals surface area contributed by atoms with E-state index in [0.29, 0.717) is 25.8 Å². The van der Waals surface area contributed by atoms with Crippen LogP contribution in [-0.4, -0.2) is 64.5 Å². The molecule has 0 radical (unpaired) electrons. The molecule has 1 aromatic heterocycles. The van der Waals surface area contributed by atoms with E-state index in [4.69, 9.17) is 11.5 Å². The smallest absolute Gasteiger partial charge is 0.326 e. The van der Waals surface area contributed by atoms with Crippen molar-refractivity contribution in [3.05, 3.63) is 36.0 Å². The Bertz CT molecular complexity index is 1070.